The molecule has 0 spiro atoms. The van der Waals surface area contributed by atoms with Gasteiger partial charge in [0.05, 0.1) is 36.8 Å². The van der Waals surface area contributed by atoms with Crippen molar-refractivity contribution in [3.8, 4) is 11.5 Å². The quantitative estimate of drug-likeness (QED) is 0.0310. The van der Waals surface area contributed by atoms with Gasteiger partial charge in [-0.1, -0.05) is 210 Å². The van der Waals surface area contributed by atoms with Crippen LogP contribution < -0.4 is 9.47 Å². The van der Waals surface area contributed by atoms with Crippen molar-refractivity contribution in [2.45, 2.75) is 159 Å². The monoisotopic (exact) mass is 923 g/mol. The fraction of sp³-hybridized carbons (Fsp3) is 0.456. The Morgan fingerprint density at radius 3 is 1.15 bits per heavy atom. The molecule has 4 rings (SSSR count). The van der Waals surface area contributed by atoms with Crippen molar-refractivity contribution in [3.05, 3.63) is 144 Å². The molecule has 0 amide bonds. The van der Waals surface area contributed by atoms with Crippen molar-refractivity contribution in [1.82, 2.24) is 0 Å². The van der Waals surface area contributed by atoms with Crippen LogP contribution in [0.15, 0.2) is 121 Å². The molecule has 0 fully saturated rings. The predicted octanol–water partition coefficient (Wildman–Crippen LogP) is 14.1. The van der Waals surface area contributed by atoms with Gasteiger partial charge in [-0.2, -0.15) is 0 Å². The van der Waals surface area contributed by atoms with E-state index in [-0.39, 0.29) is 28.7 Å². The average molecular weight is 923 g/mol. The number of carbonyl (C=O) groups is 5. The molecular formula is C57H82B4O7. The molecule has 0 saturated heterocycles. The highest BCUT2D eigenvalue weighted by atomic mass is 16.5. The van der Waals surface area contributed by atoms with Crippen LogP contribution in [-0.4, -0.2) is 61.2 Å². The molecule has 4 aromatic carbocycles. The number of ketones is 3. The summed E-state index contributed by atoms with van der Waals surface area (Å²) in [6, 6.07) is 33.5. The van der Waals surface area contributed by atoms with Gasteiger partial charge in [-0.15, -0.1) is 0 Å². The van der Waals surface area contributed by atoms with Crippen LogP contribution in [0, 0.1) is 11.8 Å². The third kappa shape index (κ3) is 33.3. The van der Waals surface area contributed by atoms with Gasteiger partial charge in [0.1, 0.15) is 17.3 Å². The van der Waals surface area contributed by atoms with Crippen molar-refractivity contribution in [2.24, 2.45) is 11.8 Å². The molecule has 0 heterocycles. The first kappa shape index (κ1) is 69.4. The van der Waals surface area contributed by atoms with Gasteiger partial charge in [-0.3, -0.25) is 24.0 Å². The maximum absolute atomic E-state index is 11.5. The Balaban J connectivity index is -0.000000371. The lowest BCUT2D eigenvalue weighted by molar-refractivity contribution is -0.132. The third-order valence-corrected chi connectivity index (χ3v) is 9.16. The lowest BCUT2D eigenvalue weighted by Gasteiger charge is -2.27. The van der Waals surface area contributed by atoms with Crippen LogP contribution in [0.5, 0.6) is 11.5 Å². The molecule has 4 aromatic rings. The fourth-order valence-corrected chi connectivity index (χ4v) is 5.01. The Morgan fingerprint density at radius 1 is 0.559 bits per heavy atom. The van der Waals surface area contributed by atoms with Crippen molar-refractivity contribution >= 4 is 61.2 Å². The summed E-state index contributed by atoms with van der Waals surface area (Å²) in [5, 5.41) is 0. The molecule has 0 N–H and O–H groups in total. The molecule has 68 heavy (non-hydrogen) atoms. The summed E-state index contributed by atoms with van der Waals surface area (Å²) in [6.45, 7) is 33.0. The van der Waals surface area contributed by atoms with Crippen LogP contribution in [0.2, 0.25) is 25.3 Å². The summed E-state index contributed by atoms with van der Waals surface area (Å²) >= 11 is 0. The highest BCUT2D eigenvalue weighted by molar-refractivity contribution is 6.08. The second-order valence-corrected chi connectivity index (χ2v) is 17.2. The van der Waals surface area contributed by atoms with Crippen LogP contribution in [0.1, 0.15) is 155 Å². The summed E-state index contributed by atoms with van der Waals surface area (Å²) in [6.07, 6.45) is 5.45. The van der Waals surface area contributed by atoms with Gasteiger partial charge in [-0.25, -0.2) is 0 Å². The predicted molar refractivity (Wildman–Crippen MR) is 292 cm³/mol. The second-order valence-electron chi connectivity index (χ2n) is 17.2. The number of ether oxygens (including phenoxy) is 2. The summed E-state index contributed by atoms with van der Waals surface area (Å²) in [4.78, 5) is 55.7. The molecule has 0 aliphatic rings. The molecule has 0 aromatic heterocycles. The summed E-state index contributed by atoms with van der Waals surface area (Å²) in [5.74, 6) is 2.15. The lowest BCUT2D eigenvalue weighted by Crippen LogP contribution is -2.27. The first-order chi connectivity index (χ1) is 31.9. The smallest absolute Gasteiger partial charge is 0.308 e. The number of Topliss-reactive ketones (excluding diaryl/α,β-unsaturated/α-hetero) is 3. The van der Waals surface area contributed by atoms with E-state index in [0.29, 0.717) is 42.6 Å². The van der Waals surface area contributed by atoms with Crippen molar-refractivity contribution < 1.29 is 33.4 Å². The summed E-state index contributed by atoms with van der Waals surface area (Å²) in [5.41, 5.74) is 3.55. The van der Waals surface area contributed by atoms with E-state index in [9.17, 15) is 24.0 Å². The van der Waals surface area contributed by atoms with Crippen LogP contribution >= 0.6 is 0 Å². The number of benzene rings is 4. The number of esters is 1. The molecule has 11 heteroatoms. The SMILES string of the molecule is C=C(C)C(C)(C)c1ccccc1OC(C)=O.CC(=O)C(C)(C)c1ccccc1OC=O.CC(C)CC(=O)c1ccccc1.CC(C)CC(=O)c1ccccc1.[B]CC.[B]CC.[B]CC.[B]CCC. The van der Waals surface area contributed by atoms with Crippen LogP contribution in [0.25, 0.3) is 0 Å². The maximum Gasteiger partial charge on any atom is 0.308 e. The number of allylic oxidation sites excluding steroid dienone is 1. The Morgan fingerprint density at radius 2 is 0.868 bits per heavy atom. The summed E-state index contributed by atoms with van der Waals surface area (Å²) in [7, 11) is 19.6. The van der Waals surface area contributed by atoms with Gasteiger partial charge in [0, 0.05) is 47.4 Å². The highest BCUT2D eigenvalue weighted by Gasteiger charge is 2.29. The Hall–Kier alpha value is -5.17. The minimum atomic E-state index is -0.639. The fourth-order valence-electron chi connectivity index (χ4n) is 5.01. The van der Waals surface area contributed by atoms with E-state index in [4.69, 9.17) is 40.9 Å². The Labute approximate surface area is 419 Å². The normalized spacial score (nSPS) is 9.78. The number of carbonyl (C=O) groups excluding carboxylic acids is 5. The molecule has 8 radical (unpaired) electrons. The zero-order valence-corrected chi connectivity index (χ0v) is 44.4. The number of para-hydroxylation sites is 2. The van der Waals surface area contributed by atoms with Crippen molar-refractivity contribution in [3.63, 3.8) is 0 Å². The van der Waals surface area contributed by atoms with E-state index in [1.165, 1.54) is 13.8 Å². The molecule has 0 saturated carbocycles. The van der Waals surface area contributed by atoms with Crippen LogP contribution in [-0.2, 0) is 25.2 Å². The first-order valence-corrected chi connectivity index (χ1v) is 23.5. The van der Waals surface area contributed by atoms with Gasteiger partial charge in [-0.05, 0) is 51.7 Å². The van der Waals surface area contributed by atoms with Gasteiger partial charge in [0.25, 0.3) is 6.47 Å². The van der Waals surface area contributed by atoms with Gasteiger partial charge < -0.3 is 9.47 Å². The number of hydrogen-bond donors (Lipinski definition) is 0. The second kappa shape index (κ2) is 42.0. The molecule has 0 aliphatic carbocycles. The molecule has 7 nitrogen and oxygen atoms in total. The zero-order chi connectivity index (χ0) is 53.3. The van der Waals surface area contributed by atoms with E-state index in [0.717, 1.165) is 59.5 Å². The third-order valence-electron chi connectivity index (χ3n) is 9.16. The number of rotatable bonds is 14. The van der Waals surface area contributed by atoms with Crippen molar-refractivity contribution in [1.29, 1.82) is 0 Å². The van der Waals surface area contributed by atoms with Gasteiger partial charge >= 0.3 is 5.97 Å². The largest absolute Gasteiger partial charge is 0.428 e. The zero-order valence-electron chi connectivity index (χ0n) is 44.4. The molecule has 0 aliphatic heterocycles. The summed E-state index contributed by atoms with van der Waals surface area (Å²) < 4.78 is 10.0. The number of hydrogen-bond acceptors (Lipinski definition) is 7. The van der Waals surface area contributed by atoms with Gasteiger partial charge in [0.2, 0.25) is 0 Å². The van der Waals surface area contributed by atoms with E-state index in [1.54, 1.807) is 24.3 Å². The minimum Gasteiger partial charge on any atom is -0.428 e. The van der Waals surface area contributed by atoms with Crippen LogP contribution in [0.3, 0.4) is 0 Å². The molecular weight excluding hydrogens is 840 g/mol. The minimum absolute atomic E-state index is 0.0319. The maximum atomic E-state index is 11.5. The average Bonchev–Trinajstić information content (AvgIpc) is 3.28. The lowest BCUT2D eigenvalue weighted by atomic mass is 9.78. The molecule has 0 atom stereocenters. The Kier molecular flexibility index (Phi) is 42.8. The molecule has 364 valence electrons. The molecule has 0 bridgehead atoms. The van der Waals surface area contributed by atoms with Gasteiger partial charge in [0.15, 0.2) is 11.6 Å². The van der Waals surface area contributed by atoms with E-state index < -0.39 is 5.41 Å². The topological polar surface area (TPSA) is 104 Å². The van der Waals surface area contributed by atoms with Crippen molar-refractivity contribution in [2.75, 3.05) is 0 Å². The standard InChI is InChI=1S/C14H18O2.C12H14O3.2C11H14O.C3H7B.3C2H5B/c1-10(2)14(4,5)12-8-6-7-9-13(12)16-11(3)15;1-9(14)12(2,3)10-6-4-5-7-11(10)15-8-13;2*1-9(2)8-11(12)10-6-4-3-5-7-10;1-2-3-4;3*1-2-3/h6-9H,1H2,2-5H3;4-8H,1-3H3;2*3-7,9H,8H2,1-2H3;2-3H2,1H3;3*2H2,1H3. The van der Waals surface area contributed by atoms with E-state index in [1.807, 2.05) is 126 Å². The first-order valence-electron chi connectivity index (χ1n) is 23.5. The van der Waals surface area contributed by atoms with E-state index in [2.05, 4.69) is 55.0 Å². The highest BCUT2D eigenvalue weighted by Crippen LogP contribution is 2.36. The van der Waals surface area contributed by atoms with E-state index >= 15 is 0 Å². The Bertz CT molecular complexity index is 1880. The molecule has 0 unspecified atom stereocenters. The van der Waals surface area contributed by atoms with Crippen LogP contribution in [0.4, 0.5) is 0 Å².